The number of hydrogen-bond donors (Lipinski definition) is 1. The Labute approximate surface area is 70.4 Å². The molecule has 0 bridgehead atoms. The van der Waals surface area contributed by atoms with Gasteiger partial charge in [0.05, 0.1) is 5.69 Å². The highest BCUT2D eigenvalue weighted by atomic mass is 16.2. The van der Waals surface area contributed by atoms with E-state index in [1.54, 1.807) is 6.20 Å². The van der Waals surface area contributed by atoms with Crippen molar-refractivity contribution in [3.05, 3.63) is 17.5 Å². The molecule has 1 heterocycles. The average molecular weight is 165 g/mol. The molecule has 1 aromatic heterocycles. The molecular formula is C8H11N3O. The van der Waals surface area contributed by atoms with E-state index in [0.29, 0.717) is 0 Å². The molecule has 1 aromatic rings. The summed E-state index contributed by atoms with van der Waals surface area (Å²) in [7, 11) is 0. The summed E-state index contributed by atoms with van der Waals surface area (Å²) in [6, 6.07) is -0.496. The number of aromatic nitrogens is 2. The van der Waals surface area contributed by atoms with Crippen LogP contribution in [-0.2, 0) is 12.8 Å². The van der Waals surface area contributed by atoms with Gasteiger partial charge < -0.3 is 5.73 Å². The van der Waals surface area contributed by atoms with Crippen LogP contribution in [0.25, 0.3) is 0 Å². The molecule has 1 aliphatic rings. The first-order chi connectivity index (χ1) is 5.77. The molecule has 64 valence electrons. The van der Waals surface area contributed by atoms with E-state index in [0.717, 1.165) is 18.5 Å². The number of fused-ring (bicyclic) bond motifs is 1. The monoisotopic (exact) mass is 165 g/mol. The molecule has 1 amide bonds. The molecule has 0 unspecified atom stereocenters. The van der Waals surface area contributed by atoms with Gasteiger partial charge in [-0.25, -0.2) is 4.79 Å². The molecule has 2 rings (SSSR count). The second-order valence-corrected chi connectivity index (χ2v) is 3.09. The Morgan fingerprint density at radius 2 is 2.25 bits per heavy atom. The van der Waals surface area contributed by atoms with E-state index in [-0.39, 0.29) is 0 Å². The second-order valence-electron chi connectivity index (χ2n) is 3.09. The highest BCUT2D eigenvalue weighted by Gasteiger charge is 2.14. The summed E-state index contributed by atoms with van der Waals surface area (Å²) in [5.74, 6) is 0. The molecule has 4 heteroatoms. The molecule has 0 aromatic carbocycles. The van der Waals surface area contributed by atoms with Crippen LogP contribution in [-0.4, -0.2) is 15.8 Å². The van der Waals surface area contributed by atoms with E-state index < -0.39 is 6.03 Å². The number of carbonyl (C=O) groups excluding carboxylic acids is 1. The van der Waals surface area contributed by atoms with Crippen molar-refractivity contribution in [1.29, 1.82) is 0 Å². The lowest BCUT2D eigenvalue weighted by Gasteiger charge is -2.06. The molecule has 1 aliphatic carbocycles. The van der Waals surface area contributed by atoms with Crippen LogP contribution in [0.15, 0.2) is 6.20 Å². The van der Waals surface area contributed by atoms with Gasteiger partial charge in [-0.2, -0.15) is 9.78 Å². The van der Waals surface area contributed by atoms with Crippen LogP contribution in [0.1, 0.15) is 24.1 Å². The Balaban J connectivity index is 2.38. The average Bonchev–Trinajstić information content (AvgIpc) is 2.46. The summed E-state index contributed by atoms with van der Waals surface area (Å²) in [6.07, 6.45) is 6.12. The highest BCUT2D eigenvalue weighted by Crippen LogP contribution is 2.18. The molecule has 0 aliphatic heterocycles. The van der Waals surface area contributed by atoms with Crippen molar-refractivity contribution < 1.29 is 4.79 Å². The van der Waals surface area contributed by atoms with Crippen molar-refractivity contribution in [2.45, 2.75) is 25.7 Å². The standard InChI is InChI=1S/C8H11N3O/c9-8(12)11-5-6-3-1-2-4-7(6)10-11/h5H,1-4H2,(H2,9,12). The molecule has 4 nitrogen and oxygen atoms in total. The van der Waals surface area contributed by atoms with Gasteiger partial charge in [-0.15, -0.1) is 0 Å². The lowest BCUT2D eigenvalue weighted by Crippen LogP contribution is -2.19. The maximum Gasteiger partial charge on any atom is 0.339 e. The molecular weight excluding hydrogens is 154 g/mol. The number of primary amides is 1. The predicted octanol–water partition coefficient (Wildman–Crippen LogP) is 0.689. The Morgan fingerprint density at radius 3 is 2.92 bits per heavy atom. The summed E-state index contributed by atoms with van der Waals surface area (Å²) in [5.41, 5.74) is 7.31. The molecule has 2 N–H and O–H groups in total. The van der Waals surface area contributed by atoms with Crippen molar-refractivity contribution in [3.63, 3.8) is 0 Å². The van der Waals surface area contributed by atoms with Gasteiger partial charge in [-0.3, -0.25) is 0 Å². The molecule has 0 saturated heterocycles. The number of hydrogen-bond acceptors (Lipinski definition) is 2. The van der Waals surface area contributed by atoms with Gasteiger partial charge in [0.25, 0.3) is 0 Å². The normalized spacial score (nSPS) is 15.7. The van der Waals surface area contributed by atoms with Crippen LogP contribution in [0, 0.1) is 0 Å². The maximum atomic E-state index is 10.7. The van der Waals surface area contributed by atoms with Crippen LogP contribution in [0.2, 0.25) is 0 Å². The number of aryl methyl sites for hydroxylation is 2. The van der Waals surface area contributed by atoms with E-state index >= 15 is 0 Å². The summed E-state index contributed by atoms with van der Waals surface area (Å²) < 4.78 is 1.23. The fourth-order valence-electron chi connectivity index (χ4n) is 1.59. The topological polar surface area (TPSA) is 60.9 Å². The van der Waals surface area contributed by atoms with Crippen molar-refractivity contribution in [1.82, 2.24) is 9.78 Å². The summed E-state index contributed by atoms with van der Waals surface area (Å²) in [6.45, 7) is 0. The summed E-state index contributed by atoms with van der Waals surface area (Å²) in [4.78, 5) is 10.7. The van der Waals surface area contributed by atoms with Crippen molar-refractivity contribution in [3.8, 4) is 0 Å². The van der Waals surface area contributed by atoms with E-state index in [1.807, 2.05) is 0 Å². The van der Waals surface area contributed by atoms with E-state index in [1.165, 1.54) is 23.1 Å². The Bertz CT molecular complexity index is 293. The number of nitrogens with two attached hydrogens (primary N) is 1. The first-order valence-electron chi connectivity index (χ1n) is 4.14. The minimum absolute atomic E-state index is 0.496. The van der Waals surface area contributed by atoms with Crippen molar-refractivity contribution in [2.24, 2.45) is 5.73 Å². The SMILES string of the molecule is NC(=O)n1cc2c(n1)CCCC2. The minimum Gasteiger partial charge on any atom is -0.350 e. The van der Waals surface area contributed by atoms with Crippen LogP contribution >= 0.6 is 0 Å². The Hall–Kier alpha value is -1.32. The van der Waals surface area contributed by atoms with Crippen molar-refractivity contribution in [2.75, 3.05) is 0 Å². The molecule has 0 saturated carbocycles. The number of amides is 1. The number of carbonyl (C=O) groups is 1. The third kappa shape index (κ3) is 1.09. The van der Waals surface area contributed by atoms with Gasteiger partial charge in [-0.05, 0) is 31.2 Å². The van der Waals surface area contributed by atoms with E-state index in [9.17, 15) is 4.79 Å². The molecule has 0 spiro atoms. The number of rotatable bonds is 0. The Kier molecular flexibility index (Phi) is 1.60. The van der Waals surface area contributed by atoms with Crippen LogP contribution in [0.5, 0.6) is 0 Å². The summed E-state index contributed by atoms with van der Waals surface area (Å²) in [5, 5.41) is 4.09. The third-order valence-corrected chi connectivity index (χ3v) is 2.21. The van der Waals surface area contributed by atoms with Gasteiger partial charge in [-0.1, -0.05) is 0 Å². The maximum absolute atomic E-state index is 10.7. The number of nitrogens with zero attached hydrogens (tertiary/aromatic N) is 2. The van der Waals surface area contributed by atoms with Gasteiger partial charge in [0, 0.05) is 6.20 Å². The summed E-state index contributed by atoms with van der Waals surface area (Å²) >= 11 is 0. The lowest BCUT2D eigenvalue weighted by atomic mass is 9.99. The first-order valence-corrected chi connectivity index (χ1v) is 4.14. The van der Waals surface area contributed by atoms with Gasteiger partial charge >= 0.3 is 6.03 Å². The van der Waals surface area contributed by atoms with E-state index in [2.05, 4.69) is 5.10 Å². The smallest absolute Gasteiger partial charge is 0.339 e. The second kappa shape index (κ2) is 2.62. The predicted molar refractivity (Wildman–Crippen MR) is 43.9 cm³/mol. The molecule has 0 atom stereocenters. The van der Waals surface area contributed by atoms with Crippen LogP contribution < -0.4 is 5.73 Å². The minimum atomic E-state index is -0.496. The lowest BCUT2D eigenvalue weighted by molar-refractivity contribution is 0.247. The van der Waals surface area contributed by atoms with Crippen LogP contribution in [0.4, 0.5) is 4.79 Å². The van der Waals surface area contributed by atoms with Crippen molar-refractivity contribution >= 4 is 6.03 Å². The fourth-order valence-corrected chi connectivity index (χ4v) is 1.59. The van der Waals surface area contributed by atoms with Gasteiger partial charge in [0.15, 0.2) is 0 Å². The third-order valence-electron chi connectivity index (χ3n) is 2.21. The van der Waals surface area contributed by atoms with Gasteiger partial charge in [0.2, 0.25) is 0 Å². The molecule has 12 heavy (non-hydrogen) atoms. The van der Waals surface area contributed by atoms with Gasteiger partial charge in [0.1, 0.15) is 0 Å². The zero-order valence-corrected chi connectivity index (χ0v) is 6.79. The molecule has 0 radical (unpaired) electrons. The largest absolute Gasteiger partial charge is 0.350 e. The Morgan fingerprint density at radius 1 is 1.50 bits per heavy atom. The quantitative estimate of drug-likeness (QED) is 0.614. The zero-order chi connectivity index (χ0) is 8.55. The highest BCUT2D eigenvalue weighted by molar-refractivity contribution is 5.73. The van der Waals surface area contributed by atoms with Crippen LogP contribution in [0.3, 0.4) is 0 Å². The van der Waals surface area contributed by atoms with E-state index in [4.69, 9.17) is 5.73 Å². The fraction of sp³-hybridized carbons (Fsp3) is 0.500. The zero-order valence-electron chi connectivity index (χ0n) is 6.79. The molecule has 0 fully saturated rings. The first kappa shape index (κ1) is 7.34.